The molecule has 1 amide bonds. The van der Waals surface area contributed by atoms with Gasteiger partial charge in [0.2, 0.25) is 5.91 Å². The summed E-state index contributed by atoms with van der Waals surface area (Å²) < 4.78 is 24.8. The van der Waals surface area contributed by atoms with E-state index in [1.165, 1.54) is 19.4 Å². The Hall–Kier alpha value is -2.70. The van der Waals surface area contributed by atoms with Gasteiger partial charge >= 0.3 is 5.97 Å². The monoisotopic (exact) mass is 402 g/mol. The number of hydrogen-bond acceptors (Lipinski definition) is 5. The summed E-state index contributed by atoms with van der Waals surface area (Å²) >= 11 is 0. The average Bonchev–Trinajstić information content (AvgIpc) is 2.67. The highest BCUT2D eigenvalue weighted by molar-refractivity contribution is 6.02. The minimum atomic E-state index is -0.510. The Morgan fingerprint density at radius 1 is 1.14 bits per heavy atom. The van der Waals surface area contributed by atoms with Crippen LogP contribution in [0.5, 0.6) is 5.75 Å². The number of hydrogen-bond donors (Lipinski definition) is 1. The van der Waals surface area contributed by atoms with Gasteiger partial charge < -0.3 is 14.8 Å². The number of carbonyl (C=O) groups is 2. The first-order chi connectivity index (χ1) is 13.7. The molecule has 1 N–H and O–H groups in total. The molecule has 0 unspecified atom stereocenters. The van der Waals surface area contributed by atoms with Crippen molar-refractivity contribution < 1.29 is 23.5 Å². The van der Waals surface area contributed by atoms with Crippen molar-refractivity contribution in [3.05, 3.63) is 30.2 Å². The number of ether oxygens (including phenoxy) is 2. The minimum Gasteiger partial charge on any atom is -0.497 e. The van der Waals surface area contributed by atoms with Crippen LogP contribution in [0.15, 0.2) is 24.4 Å². The van der Waals surface area contributed by atoms with Crippen LogP contribution in [-0.2, 0) is 14.3 Å². The van der Waals surface area contributed by atoms with E-state index in [9.17, 15) is 14.0 Å². The Bertz CT molecular complexity index is 915. The van der Waals surface area contributed by atoms with Gasteiger partial charge in [-0.2, -0.15) is 0 Å². The van der Waals surface area contributed by atoms with E-state index in [-0.39, 0.29) is 29.2 Å². The molecule has 0 atom stereocenters. The molecule has 1 saturated carbocycles. The summed E-state index contributed by atoms with van der Waals surface area (Å²) in [5.74, 6) is -0.849. The third-order valence-corrected chi connectivity index (χ3v) is 5.10. The number of carbonyl (C=O) groups excluding carboxylic acids is 2. The standard InChI is InChI=1S/C22H27FN2O4/c1-22(2,3)29-21(27)14-7-5-13(6-8-14)20(26)25-18-9-10-24-19-16(18)11-15(28-4)12-17(19)23/h9-14H,5-8H2,1-4H3,(H,24,25,26). The van der Waals surface area contributed by atoms with Crippen molar-refractivity contribution in [1.82, 2.24) is 4.98 Å². The summed E-state index contributed by atoms with van der Waals surface area (Å²) in [7, 11) is 1.46. The quantitative estimate of drug-likeness (QED) is 0.764. The summed E-state index contributed by atoms with van der Waals surface area (Å²) in [5.41, 5.74) is 0.161. The van der Waals surface area contributed by atoms with Crippen LogP contribution in [0.3, 0.4) is 0 Å². The van der Waals surface area contributed by atoms with Crippen LogP contribution in [0.2, 0.25) is 0 Å². The van der Waals surface area contributed by atoms with Gasteiger partial charge in [-0.1, -0.05) is 0 Å². The largest absolute Gasteiger partial charge is 0.497 e. The first-order valence-electron chi connectivity index (χ1n) is 9.84. The lowest BCUT2D eigenvalue weighted by molar-refractivity contribution is -0.161. The van der Waals surface area contributed by atoms with Gasteiger partial charge in [-0.3, -0.25) is 14.6 Å². The first kappa shape index (κ1) is 21.0. The molecule has 0 saturated heterocycles. The van der Waals surface area contributed by atoms with Crippen molar-refractivity contribution in [3.63, 3.8) is 0 Å². The van der Waals surface area contributed by atoms with Gasteiger partial charge in [-0.05, 0) is 58.6 Å². The molecule has 0 aliphatic heterocycles. The number of rotatable bonds is 4. The number of amides is 1. The summed E-state index contributed by atoms with van der Waals surface area (Å²) in [6.45, 7) is 5.54. The number of aromatic nitrogens is 1. The van der Waals surface area contributed by atoms with Crippen molar-refractivity contribution in [3.8, 4) is 5.75 Å². The summed E-state index contributed by atoms with van der Waals surface area (Å²) in [4.78, 5) is 29.1. The molecule has 0 radical (unpaired) electrons. The Morgan fingerprint density at radius 2 is 1.79 bits per heavy atom. The molecule has 1 heterocycles. The molecule has 3 rings (SSSR count). The molecule has 29 heavy (non-hydrogen) atoms. The van der Waals surface area contributed by atoms with Crippen LogP contribution in [0.1, 0.15) is 46.5 Å². The van der Waals surface area contributed by atoms with Gasteiger partial charge in [0.25, 0.3) is 0 Å². The average molecular weight is 402 g/mol. The Kier molecular flexibility index (Phi) is 6.05. The Morgan fingerprint density at radius 3 is 2.41 bits per heavy atom. The van der Waals surface area contributed by atoms with E-state index in [0.29, 0.717) is 42.5 Å². The number of nitrogens with zero attached hydrogens (tertiary/aromatic N) is 1. The van der Waals surface area contributed by atoms with Crippen LogP contribution in [0.25, 0.3) is 10.9 Å². The molecule has 1 aliphatic carbocycles. The predicted molar refractivity (Wildman–Crippen MR) is 108 cm³/mol. The van der Waals surface area contributed by atoms with Crippen molar-refractivity contribution in [1.29, 1.82) is 0 Å². The zero-order valence-corrected chi connectivity index (χ0v) is 17.3. The van der Waals surface area contributed by atoms with E-state index < -0.39 is 11.4 Å². The lowest BCUT2D eigenvalue weighted by atomic mass is 9.81. The second kappa shape index (κ2) is 8.35. The highest BCUT2D eigenvalue weighted by atomic mass is 19.1. The molecule has 6 nitrogen and oxygen atoms in total. The number of nitrogens with one attached hydrogen (secondary N) is 1. The number of esters is 1. The van der Waals surface area contributed by atoms with Crippen LogP contribution in [0.4, 0.5) is 10.1 Å². The summed E-state index contributed by atoms with van der Waals surface area (Å²) in [6, 6.07) is 4.56. The number of benzene rings is 1. The minimum absolute atomic E-state index is 0.136. The molecule has 1 fully saturated rings. The highest BCUT2D eigenvalue weighted by Gasteiger charge is 2.32. The molecule has 1 aliphatic rings. The van der Waals surface area contributed by atoms with Crippen LogP contribution < -0.4 is 10.1 Å². The maximum absolute atomic E-state index is 14.2. The predicted octanol–water partition coefficient (Wildman–Crippen LogP) is 4.47. The zero-order chi connectivity index (χ0) is 21.2. The van der Waals surface area contributed by atoms with Crippen LogP contribution in [-0.4, -0.2) is 29.6 Å². The van der Waals surface area contributed by atoms with Crippen molar-refractivity contribution in [2.24, 2.45) is 11.8 Å². The van der Waals surface area contributed by atoms with E-state index >= 15 is 0 Å². The lowest BCUT2D eigenvalue weighted by Gasteiger charge is -2.29. The number of anilines is 1. The highest BCUT2D eigenvalue weighted by Crippen LogP contribution is 2.33. The maximum atomic E-state index is 14.2. The summed E-state index contributed by atoms with van der Waals surface area (Å²) in [5, 5.41) is 3.38. The van der Waals surface area contributed by atoms with Crippen molar-refractivity contribution in [2.45, 2.75) is 52.1 Å². The van der Waals surface area contributed by atoms with Gasteiger partial charge in [0.05, 0.1) is 18.7 Å². The lowest BCUT2D eigenvalue weighted by Crippen LogP contribution is -2.33. The van der Waals surface area contributed by atoms with Gasteiger partial charge in [-0.15, -0.1) is 0 Å². The van der Waals surface area contributed by atoms with Gasteiger partial charge in [0.1, 0.15) is 16.9 Å². The molecule has 7 heteroatoms. The maximum Gasteiger partial charge on any atom is 0.309 e. The molecule has 1 aromatic heterocycles. The molecule has 156 valence electrons. The third kappa shape index (κ3) is 5.02. The normalized spacial score (nSPS) is 19.6. The molecular formula is C22H27FN2O4. The second-order valence-corrected chi connectivity index (χ2v) is 8.44. The van der Waals surface area contributed by atoms with Gasteiger partial charge in [-0.25, -0.2) is 4.39 Å². The molecule has 2 aromatic rings. The number of fused-ring (bicyclic) bond motifs is 1. The first-order valence-corrected chi connectivity index (χ1v) is 9.84. The fourth-order valence-electron chi connectivity index (χ4n) is 3.62. The van der Waals surface area contributed by atoms with E-state index in [4.69, 9.17) is 9.47 Å². The Labute approximate surface area is 169 Å². The zero-order valence-electron chi connectivity index (χ0n) is 17.3. The van der Waals surface area contributed by atoms with Gasteiger partial charge in [0, 0.05) is 23.6 Å². The van der Waals surface area contributed by atoms with E-state index in [1.807, 2.05) is 20.8 Å². The van der Waals surface area contributed by atoms with Crippen LogP contribution in [0, 0.1) is 17.7 Å². The Balaban J connectivity index is 1.68. The molecular weight excluding hydrogens is 375 g/mol. The second-order valence-electron chi connectivity index (χ2n) is 8.44. The van der Waals surface area contributed by atoms with Gasteiger partial charge in [0.15, 0.2) is 5.82 Å². The van der Waals surface area contributed by atoms with Crippen LogP contribution >= 0.6 is 0 Å². The number of pyridine rings is 1. The fraction of sp³-hybridized carbons (Fsp3) is 0.500. The van der Waals surface area contributed by atoms with E-state index in [0.717, 1.165) is 0 Å². The molecule has 0 spiro atoms. The number of halogens is 1. The molecule has 0 bridgehead atoms. The fourth-order valence-corrected chi connectivity index (χ4v) is 3.62. The third-order valence-electron chi connectivity index (χ3n) is 5.10. The van der Waals surface area contributed by atoms with Crippen molar-refractivity contribution in [2.75, 3.05) is 12.4 Å². The van der Waals surface area contributed by atoms with E-state index in [2.05, 4.69) is 10.3 Å². The van der Waals surface area contributed by atoms with Crippen molar-refractivity contribution >= 4 is 28.5 Å². The number of methoxy groups -OCH3 is 1. The summed E-state index contributed by atoms with van der Waals surface area (Å²) in [6.07, 6.45) is 3.92. The van der Waals surface area contributed by atoms with E-state index in [1.54, 1.807) is 12.1 Å². The smallest absolute Gasteiger partial charge is 0.309 e. The SMILES string of the molecule is COc1cc(F)c2nccc(NC(=O)C3CCC(C(=O)OC(C)(C)C)CC3)c2c1. The molecule has 1 aromatic carbocycles. The topological polar surface area (TPSA) is 77.5 Å².